The zero-order valence-corrected chi connectivity index (χ0v) is 10.7. The summed E-state index contributed by atoms with van der Waals surface area (Å²) in [7, 11) is 0. The number of aliphatic hydroxyl groups is 1. The highest BCUT2D eigenvalue weighted by atomic mass is 19.1. The fourth-order valence-corrected chi connectivity index (χ4v) is 2.46. The van der Waals surface area contributed by atoms with Gasteiger partial charge >= 0.3 is 0 Å². The molecule has 1 aliphatic rings. The van der Waals surface area contributed by atoms with E-state index < -0.39 is 5.54 Å². The molecule has 2 rings (SSSR count). The number of aliphatic hydroxyl groups excluding tert-OH is 1. The van der Waals surface area contributed by atoms with Crippen molar-refractivity contribution < 1.29 is 14.2 Å². The molecule has 0 saturated heterocycles. The second-order valence-corrected chi connectivity index (χ2v) is 5.27. The first-order valence-electron chi connectivity index (χ1n) is 6.35. The van der Waals surface area contributed by atoms with Gasteiger partial charge in [0, 0.05) is 18.0 Å². The van der Waals surface area contributed by atoms with E-state index in [1.807, 2.05) is 6.92 Å². The van der Waals surface area contributed by atoms with Gasteiger partial charge in [0.05, 0.1) is 6.61 Å². The summed E-state index contributed by atoms with van der Waals surface area (Å²) < 4.78 is 19.0. The number of hydrogen-bond acceptors (Lipinski definition) is 3. The van der Waals surface area contributed by atoms with Crippen molar-refractivity contribution in [3.63, 3.8) is 0 Å². The predicted molar refractivity (Wildman–Crippen MR) is 68.0 cm³/mol. The van der Waals surface area contributed by atoms with Crippen LogP contribution >= 0.6 is 0 Å². The second-order valence-electron chi connectivity index (χ2n) is 5.27. The van der Waals surface area contributed by atoms with Gasteiger partial charge in [-0.15, -0.1) is 0 Å². The Labute approximate surface area is 107 Å². The monoisotopic (exact) mass is 253 g/mol. The molecule has 0 bridgehead atoms. The Bertz CT molecular complexity index is 424. The average Bonchev–Trinajstić information content (AvgIpc) is 2.34. The first kappa shape index (κ1) is 13.3. The third-order valence-electron chi connectivity index (χ3n) is 3.59. The highest BCUT2D eigenvalue weighted by Gasteiger charge is 2.33. The maximum absolute atomic E-state index is 13.2. The van der Waals surface area contributed by atoms with Crippen molar-refractivity contribution in [1.82, 2.24) is 0 Å². The molecule has 100 valence electrons. The summed E-state index contributed by atoms with van der Waals surface area (Å²) in [4.78, 5) is 0. The fourth-order valence-electron chi connectivity index (χ4n) is 2.46. The zero-order valence-electron chi connectivity index (χ0n) is 10.7. The molecule has 0 heterocycles. The van der Waals surface area contributed by atoms with Crippen LogP contribution in [0.25, 0.3) is 0 Å². The minimum Gasteiger partial charge on any atom is -0.490 e. The minimum atomic E-state index is -0.551. The van der Waals surface area contributed by atoms with Crippen LogP contribution in [-0.4, -0.2) is 23.4 Å². The fraction of sp³-hybridized carbons (Fsp3) is 0.571. The van der Waals surface area contributed by atoms with Gasteiger partial charge in [0.25, 0.3) is 0 Å². The van der Waals surface area contributed by atoms with E-state index in [9.17, 15) is 9.50 Å². The van der Waals surface area contributed by atoms with Crippen molar-refractivity contribution >= 4 is 0 Å². The Morgan fingerprint density at radius 2 is 2.33 bits per heavy atom. The third kappa shape index (κ3) is 3.00. The quantitative estimate of drug-likeness (QED) is 0.867. The maximum atomic E-state index is 13.2. The summed E-state index contributed by atoms with van der Waals surface area (Å²) in [5.74, 6) is 0.273. The van der Waals surface area contributed by atoms with Crippen LogP contribution in [0.1, 0.15) is 31.2 Å². The number of ether oxygens (including phenoxy) is 1. The molecular formula is C14H20FNO2. The molecule has 3 nitrogen and oxygen atoms in total. The molecule has 0 aliphatic heterocycles. The van der Waals surface area contributed by atoms with Crippen LogP contribution in [0.15, 0.2) is 18.2 Å². The second kappa shape index (κ2) is 5.24. The molecular weight excluding hydrogens is 233 g/mol. The van der Waals surface area contributed by atoms with E-state index in [0.29, 0.717) is 12.2 Å². The lowest BCUT2D eigenvalue weighted by Crippen LogP contribution is -2.50. The highest BCUT2D eigenvalue weighted by Crippen LogP contribution is 2.30. The summed E-state index contributed by atoms with van der Waals surface area (Å²) in [5.41, 5.74) is 6.43. The molecule has 1 saturated carbocycles. The van der Waals surface area contributed by atoms with Crippen molar-refractivity contribution in [2.75, 3.05) is 6.61 Å². The summed E-state index contributed by atoms with van der Waals surface area (Å²) in [5, 5.41) is 9.29. The normalized spacial score (nSPS) is 28.1. The molecule has 1 aromatic rings. The largest absolute Gasteiger partial charge is 0.490 e. The van der Waals surface area contributed by atoms with E-state index in [0.717, 1.165) is 24.8 Å². The Morgan fingerprint density at radius 1 is 1.56 bits per heavy atom. The van der Waals surface area contributed by atoms with Crippen LogP contribution in [0.2, 0.25) is 0 Å². The lowest BCUT2D eigenvalue weighted by molar-refractivity contribution is 0.0723. The summed E-state index contributed by atoms with van der Waals surface area (Å²) in [6, 6.07) is 4.53. The van der Waals surface area contributed by atoms with Gasteiger partial charge in [-0.3, -0.25) is 0 Å². The number of aryl methyl sites for hydroxylation is 1. The van der Waals surface area contributed by atoms with Crippen molar-refractivity contribution in [2.45, 2.75) is 44.2 Å². The highest BCUT2D eigenvalue weighted by molar-refractivity contribution is 5.32. The molecule has 18 heavy (non-hydrogen) atoms. The number of hydrogen-bond donors (Lipinski definition) is 2. The zero-order chi connectivity index (χ0) is 13.2. The van der Waals surface area contributed by atoms with E-state index in [1.165, 1.54) is 12.1 Å². The first-order chi connectivity index (χ1) is 8.52. The summed E-state index contributed by atoms with van der Waals surface area (Å²) in [6.45, 7) is 1.86. The van der Waals surface area contributed by atoms with Gasteiger partial charge in [0.1, 0.15) is 17.7 Å². The lowest BCUT2D eigenvalue weighted by Gasteiger charge is -2.36. The smallest absolute Gasteiger partial charge is 0.126 e. The van der Waals surface area contributed by atoms with E-state index in [-0.39, 0.29) is 18.5 Å². The Kier molecular flexibility index (Phi) is 3.88. The van der Waals surface area contributed by atoms with Gasteiger partial charge in [0.15, 0.2) is 0 Å². The van der Waals surface area contributed by atoms with Crippen LogP contribution in [0.5, 0.6) is 5.75 Å². The SMILES string of the molecule is Cc1ccc(F)cc1OC1CCCC(N)(CO)C1. The van der Waals surface area contributed by atoms with Gasteiger partial charge in [-0.1, -0.05) is 6.07 Å². The van der Waals surface area contributed by atoms with Gasteiger partial charge < -0.3 is 15.6 Å². The molecule has 0 aromatic heterocycles. The van der Waals surface area contributed by atoms with Crippen LogP contribution in [0.4, 0.5) is 4.39 Å². The van der Waals surface area contributed by atoms with Crippen LogP contribution in [0.3, 0.4) is 0 Å². The maximum Gasteiger partial charge on any atom is 0.126 e. The van der Waals surface area contributed by atoms with E-state index in [2.05, 4.69) is 0 Å². The Morgan fingerprint density at radius 3 is 3.06 bits per heavy atom. The predicted octanol–water partition coefficient (Wildman–Crippen LogP) is 2.15. The molecule has 1 fully saturated rings. The van der Waals surface area contributed by atoms with Crippen LogP contribution in [0, 0.1) is 12.7 Å². The molecule has 0 spiro atoms. The van der Waals surface area contributed by atoms with Crippen LogP contribution < -0.4 is 10.5 Å². The van der Waals surface area contributed by atoms with Gasteiger partial charge in [-0.05, 0) is 37.8 Å². The lowest BCUT2D eigenvalue weighted by atomic mass is 9.81. The van der Waals surface area contributed by atoms with Crippen molar-refractivity contribution in [3.05, 3.63) is 29.6 Å². The molecule has 0 amide bonds. The molecule has 1 aromatic carbocycles. The number of nitrogens with two attached hydrogens (primary N) is 1. The number of rotatable bonds is 3. The van der Waals surface area contributed by atoms with Gasteiger partial charge in [-0.25, -0.2) is 4.39 Å². The Hall–Kier alpha value is -1.13. The van der Waals surface area contributed by atoms with E-state index >= 15 is 0 Å². The van der Waals surface area contributed by atoms with Crippen LogP contribution in [-0.2, 0) is 0 Å². The summed E-state index contributed by atoms with van der Waals surface area (Å²) >= 11 is 0. The van der Waals surface area contributed by atoms with E-state index in [4.69, 9.17) is 10.5 Å². The van der Waals surface area contributed by atoms with Gasteiger partial charge in [-0.2, -0.15) is 0 Å². The molecule has 0 radical (unpaired) electrons. The van der Waals surface area contributed by atoms with Crippen molar-refractivity contribution in [1.29, 1.82) is 0 Å². The molecule has 3 N–H and O–H groups in total. The first-order valence-corrected chi connectivity index (χ1v) is 6.35. The third-order valence-corrected chi connectivity index (χ3v) is 3.59. The molecule has 4 heteroatoms. The topological polar surface area (TPSA) is 55.5 Å². The van der Waals surface area contributed by atoms with Crippen molar-refractivity contribution in [2.24, 2.45) is 5.73 Å². The summed E-state index contributed by atoms with van der Waals surface area (Å²) in [6.07, 6.45) is 3.20. The molecule has 2 atom stereocenters. The van der Waals surface area contributed by atoms with Crippen molar-refractivity contribution in [3.8, 4) is 5.75 Å². The number of halogens is 1. The van der Waals surface area contributed by atoms with E-state index in [1.54, 1.807) is 6.07 Å². The Balaban J connectivity index is 2.07. The minimum absolute atomic E-state index is 0.0327. The molecule has 2 unspecified atom stereocenters. The standard InChI is InChI=1S/C14H20FNO2/c1-10-4-5-11(15)7-13(10)18-12-3-2-6-14(16,8-12)9-17/h4-5,7,12,17H,2-3,6,8-9,16H2,1H3. The van der Waals surface area contributed by atoms with Gasteiger partial charge in [0.2, 0.25) is 0 Å². The molecule has 1 aliphatic carbocycles. The average molecular weight is 253 g/mol. The number of benzene rings is 1.